The molecule has 1 unspecified atom stereocenters. The van der Waals surface area contributed by atoms with E-state index in [4.69, 9.17) is 16.7 Å². The van der Waals surface area contributed by atoms with Crippen LogP contribution in [0, 0.1) is 11.7 Å². The zero-order valence-corrected chi connectivity index (χ0v) is 9.83. The normalized spacial score (nSPS) is 12.2. The van der Waals surface area contributed by atoms with E-state index in [2.05, 4.69) is 0 Å². The lowest BCUT2D eigenvalue weighted by Gasteiger charge is -2.22. The van der Waals surface area contributed by atoms with Crippen molar-refractivity contribution in [2.24, 2.45) is 5.92 Å². The molecule has 88 valence electrons. The number of carboxylic acids is 1. The number of carboxylic acid groups (broad SMARTS) is 1. The van der Waals surface area contributed by atoms with Crippen molar-refractivity contribution >= 4 is 23.3 Å². The highest BCUT2D eigenvalue weighted by Crippen LogP contribution is 2.23. The lowest BCUT2D eigenvalue weighted by atomic mass is 10.1. The number of hydrogen-bond acceptors (Lipinski definition) is 2. The molecule has 0 aromatic heterocycles. The van der Waals surface area contributed by atoms with E-state index in [9.17, 15) is 9.18 Å². The molecule has 0 saturated carbocycles. The number of anilines is 1. The number of halogens is 2. The Hall–Kier alpha value is -1.29. The molecule has 1 atom stereocenters. The first-order valence-electron chi connectivity index (χ1n) is 4.81. The molecule has 1 rings (SSSR count). The molecule has 3 nitrogen and oxygen atoms in total. The van der Waals surface area contributed by atoms with Crippen LogP contribution in [-0.2, 0) is 4.79 Å². The maximum Gasteiger partial charge on any atom is 0.308 e. The largest absolute Gasteiger partial charge is 0.481 e. The van der Waals surface area contributed by atoms with Crippen LogP contribution in [0.3, 0.4) is 0 Å². The molecule has 0 amide bonds. The quantitative estimate of drug-likeness (QED) is 0.887. The molecule has 0 aliphatic carbocycles. The fourth-order valence-corrected chi connectivity index (χ4v) is 1.53. The Morgan fingerprint density at radius 2 is 2.25 bits per heavy atom. The van der Waals surface area contributed by atoms with Gasteiger partial charge in [0, 0.05) is 18.6 Å². The van der Waals surface area contributed by atoms with Crippen LogP contribution in [0.5, 0.6) is 0 Å². The zero-order valence-electron chi connectivity index (χ0n) is 9.08. The van der Waals surface area contributed by atoms with E-state index in [-0.39, 0.29) is 6.54 Å². The summed E-state index contributed by atoms with van der Waals surface area (Å²) in [5, 5.41) is 9.18. The fourth-order valence-electron chi connectivity index (χ4n) is 1.37. The highest BCUT2D eigenvalue weighted by atomic mass is 35.5. The molecule has 0 fully saturated rings. The molecule has 1 aromatic rings. The monoisotopic (exact) mass is 245 g/mol. The van der Waals surface area contributed by atoms with Crippen LogP contribution >= 0.6 is 11.6 Å². The van der Waals surface area contributed by atoms with Gasteiger partial charge in [-0.1, -0.05) is 18.5 Å². The van der Waals surface area contributed by atoms with E-state index >= 15 is 0 Å². The first-order valence-corrected chi connectivity index (χ1v) is 5.18. The van der Waals surface area contributed by atoms with Gasteiger partial charge in [-0.15, -0.1) is 0 Å². The average molecular weight is 246 g/mol. The van der Waals surface area contributed by atoms with Crippen LogP contribution in [0.4, 0.5) is 10.1 Å². The van der Waals surface area contributed by atoms with Crippen molar-refractivity contribution in [3.8, 4) is 0 Å². The SMILES string of the molecule is CC(CN(C)c1cc(Cl)ccc1F)C(=O)O. The van der Waals surface area contributed by atoms with Crippen LogP contribution < -0.4 is 4.90 Å². The second kappa shape index (κ2) is 5.16. The van der Waals surface area contributed by atoms with Gasteiger partial charge in [0.15, 0.2) is 0 Å². The fraction of sp³-hybridized carbons (Fsp3) is 0.364. The first kappa shape index (κ1) is 12.8. The first-order chi connectivity index (χ1) is 7.41. The van der Waals surface area contributed by atoms with E-state index in [1.165, 1.54) is 18.2 Å². The minimum absolute atomic E-state index is 0.229. The van der Waals surface area contributed by atoms with Gasteiger partial charge in [0.2, 0.25) is 0 Å². The summed E-state index contributed by atoms with van der Waals surface area (Å²) in [4.78, 5) is 12.2. The van der Waals surface area contributed by atoms with Crippen molar-refractivity contribution < 1.29 is 14.3 Å². The van der Waals surface area contributed by atoms with Crippen molar-refractivity contribution in [1.29, 1.82) is 0 Å². The number of benzene rings is 1. The molecule has 0 spiro atoms. The Kier molecular flexibility index (Phi) is 4.12. The number of hydrogen-bond donors (Lipinski definition) is 1. The molecule has 16 heavy (non-hydrogen) atoms. The number of nitrogens with zero attached hydrogens (tertiary/aromatic N) is 1. The van der Waals surface area contributed by atoms with E-state index in [1.807, 2.05) is 0 Å². The summed E-state index contributed by atoms with van der Waals surface area (Å²) in [6.07, 6.45) is 0. The number of rotatable bonds is 4. The van der Waals surface area contributed by atoms with Gasteiger partial charge in [-0.05, 0) is 18.2 Å². The van der Waals surface area contributed by atoms with Crippen molar-refractivity contribution in [2.45, 2.75) is 6.92 Å². The molecule has 0 saturated heterocycles. The van der Waals surface area contributed by atoms with Crippen molar-refractivity contribution in [2.75, 3.05) is 18.5 Å². The molecule has 0 heterocycles. The smallest absolute Gasteiger partial charge is 0.308 e. The average Bonchev–Trinajstić information content (AvgIpc) is 2.21. The van der Waals surface area contributed by atoms with Crippen molar-refractivity contribution in [3.63, 3.8) is 0 Å². The predicted octanol–water partition coefficient (Wildman–Crippen LogP) is 2.64. The summed E-state index contributed by atoms with van der Waals surface area (Å²) in [6.45, 7) is 1.80. The summed E-state index contributed by atoms with van der Waals surface area (Å²) in [6, 6.07) is 4.19. The van der Waals surface area contributed by atoms with Gasteiger partial charge >= 0.3 is 5.97 Å². The van der Waals surface area contributed by atoms with Crippen LogP contribution in [0.15, 0.2) is 18.2 Å². The third-order valence-electron chi connectivity index (χ3n) is 2.29. The molecule has 0 bridgehead atoms. The number of aliphatic carboxylic acids is 1. The molecule has 1 N–H and O–H groups in total. The van der Waals surface area contributed by atoms with Crippen LogP contribution in [0.25, 0.3) is 0 Å². The molecule has 0 radical (unpaired) electrons. The minimum atomic E-state index is -0.908. The van der Waals surface area contributed by atoms with Crippen molar-refractivity contribution in [3.05, 3.63) is 29.0 Å². The van der Waals surface area contributed by atoms with Crippen LogP contribution in [0.1, 0.15) is 6.92 Å². The zero-order chi connectivity index (χ0) is 12.3. The maximum absolute atomic E-state index is 13.4. The Balaban J connectivity index is 2.83. The van der Waals surface area contributed by atoms with E-state index < -0.39 is 17.7 Å². The van der Waals surface area contributed by atoms with Crippen LogP contribution in [-0.4, -0.2) is 24.7 Å². The summed E-state index contributed by atoms with van der Waals surface area (Å²) in [5.74, 6) is -1.89. The summed E-state index contributed by atoms with van der Waals surface area (Å²) in [7, 11) is 1.63. The molecule has 0 aliphatic rings. The van der Waals surface area contributed by atoms with Gasteiger partial charge in [0.1, 0.15) is 5.82 Å². The topological polar surface area (TPSA) is 40.5 Å². The summed E-state index contributed by atoms with van der Waals surface area (Å²) < 4.78 is 13.4. The van der Waals surface area contributed by atoms with Gasteiger partial charge < -0.3 is 10.0 Å². The van der Waals surface area contributed by atoms with Gasteiger partial charge in [-0.3, -0.25) is 4.79 Å². The van der Waals surface area contributed by atoms with E-state index in [0.717, 1.165) is 0 Å². The predicted molar refractivity (Wildman–Crippen MR) is 61.5 cm³/mol. The molecular weight excluding hydrogens is 233 g/mol. The van der Waals surface area contributed by atoms with Crippen LogP contribution in [0.2, 0.25) is 5.02 Å². The summed E-state index contributed by atoms with van der Waals surface area (Å²) in [5.41, 5.74) is 0.306. The Labute approximate surface area is 98.4 Å². The van der Waals surface area contributed by atoms with Gasteiger partial charge in [-0.2, -0.15) is 0 Å². The lowest BCUT2D eigenvalue weighted by molar-refractivity contribution is -0.140. The molecule has 0 aliphatic heterocycles. The molecule has 1 aromatic carbocycles. The van der Waals surface area contributed by atoms with E-state index in [1.54, 1.807) is 18.9 Å². The maximum atomic E-state index is 13.4. The highest BCUT2D eigenvalue weighted by molar-refractivity contribution is 6.30. The lowest BCUT2D eigenvalue weighted by Crippen LogP contribution is -2.28. The molecule has 5 heteroatoms. The third kappa shape index (κ3) is 3.10. The standard InChI is InChI=1S/C11H13ClFNO2/c1-7(11(15)16)6-14(2)10-5-8(12)3-4-9(10)13/h3-5,7H,6H2,1-2H3,(H,15,16). The highest BCUT2D eigenvalue weighted by Gasteiger charge is 2.16. The Bertz CT molecular complexity index is 398. The van der Waals surface area contributed by atoms with Gasteiger partial charge in [0.05, 0.1) is 11.6 Å². The second-order valence-electron chi connectivity index (χ2n) is 3.72. The third-order valence-corrected chi connectivity index (χ3v) is 2.52. The number of carbonyl (C=O) groups is 1. The molecular formula is C11H13ClFNO2. The van der Waals surface area contributed by atoms with Gasteiger partial charge in [-0.25, -0.2) is 4.39 Å². The Morgan fingerprint density at radius 3 is 2.81 bits per heavy atom. The minimum Gasteiger partial charge on any atom is -0.481 e. The Morgan fingerprint density at radius 1 is 1.62 bits per heavy atom. The second-order valence-corrected chi connectivity index (χ2v) is 4.15. The van der Waals surface area contributed by atoms with Gasteiger partial charge in [0.25, 0.3) is 0 Å². The van der Waals surface area contributed by atoms with Crippen molar-refractivity contribution in [1.82, 2.24) is 0 Å². The summed E-state index contributed by atoms with van der Waals surface area (Å²) >= 11 is 5.75. The van der Waals surface area contributed by atoms with E-state index in [0.29, 0.717) is 10.7 Å².